The first-order chi connectivity index (χ1) is 9.88. The summed E-state index contributed by atoms with van der Waals surface area (Å²) in [7, 11) is 3.83. The van der Waals surface area contributed by atoms with Gasteiger partial charge in [0.15, 0.2) is 0 Å². The largest absolute Gasteiger partial charge is 0.337 e. The second-order valence-corrected chi connectivity index (χ2v) is 5.40. The number of nitrogens with zero attached hydrogens (tertiary/aromatic N) is 3. The van der Waals surface area contributed by atoms with Crippen molar-refractivity contribution < 1.29 is 9.72 Å². The number of halogens is 1. The van der Waals surface area contributed by atoms with Crippen LogP contribution >= 0.6 is 11.6 Å². The predicted octanol–water partition coefficient (Wildman–Crippen LogP) is 2.66. The summed E-state index contributed by atoms with van der Waals surface area (Å²) in [5.74, 6) is -0.354. The smallest absolute Gasteiger partial charge is 0.300 e. The first-order valence-corrected chi connectivity index (χ1v) is 7.13. The van der Waals surface area contributed by atoms with E-state index in [-0.39, 0.29) is 22.2 Å². The lowest BCUT2D eigenvalue weighted by Crippen LogP contribution is -2.37. The Balaban J connectivity index is 3.09. The lowest BCUT2D eigenvalue weighted by atomic mass is 10.1. The van der Waals surface area contributed by atoms with Gasteiger partial charge in [-0.3, -0.25) is 14.9 Å². The highest BCUT2D eigenvalue weighted by atomic mass is 35.5. The van der Waals surface area contributed by atoms with Gasteiger partial charge in [0.1, 0.15) is 10.6 Å². The molecule has 1 aromatic rings. The van der Waals surface area contributed by atoms with Crippen LogP contribution in [0.4, 0.5) is 5.69 Å². The van der Waals surface area contributed by atoms with Gasteiger partial charge >= 0.3 is 5.69 Å². The average Bonchev–Trinajstić information content (AvgIpc) is 2.41. The lowest BCUT2D eigenvalue weighted by Gasteiger charge is -2.24. The molecule has 0 spiro atoms. The summed E-state index contributed by atoms with van der Waals surface area (Å²) < 4.78 is 0. The van der Waals surface area contributed by atoms with Crippen molar-refractivity contribution in [1.82, 2.24) is 9.80 Å². The van der Waals surface area contributed by atoms with Crippen LogP contribution in [0.3, 0.4) is 0 Å². The molecule has 0 saturated heterocycles. The van der Waals surface area contributed by atoms with Crippen molar-refractivity contribution in [1.29, 1.82) is 0 Å². The summed E-state index contributed by atoms with van der Waals surface area (Å²) >= 11 is 5.86. The van der Waals surface area contributed by atoms with E-state index < -0.39 is 4.92 Å². The predicted molar refractivity (Wildman–Crippen MR) is 82.9 cm³/mol. The number of likely N-dealkylation sites (N-methyl/N-ethyl adjacent to an activating group) is 1. The van der Waals surface area contributed by atoms with Crippen molar-refractivity contribution in [2.75, 3.05) is 33.7 Å². The Morgan fingerprint density at radius 1 is 1.29 bits per heavy atom. The number of carbonyl (C=O) groups excluding carboxylic acids is 1. The van der Waals surface area contributed by atoms with Crippen LogP contribution in [0, 0.1) is 10.1 Å². The second kappa shape index (κ2) is 7.95. The molecule has 0 aliphatic carbocycles. The van der Waals surface area contributed by atoms with Crippen molar-refractivity contribution in [3.05, 3.63) is 38.9 Å². The van der Waals surface area contributed by atoms with Gasteiger partial charge in [-0.05, 0) is 32.6 Å². The summed E-state index contributed by atoms with van der Waals surface area (Å²) in [5.41, 5.74) is -0.283. The van der Waals surface area contributed by atoms with Crippen molar-refractivity contribution in [2.24, 2.45) is 0 Å². The molecule has 1 amide bonds. The number of benzene rings is 1. The summed E-state index contributed by atoms with van der Waals surface area (Å²) in [6.45, 7) is 3.72. The molecule has 0 unspecified atom stereocenters. The molecule has 1 aromatic carbocycles. The van der Waals surface area contributed by atoms with Gasteiger partial charge in [-0.1, -0.05) is 24.6 Å². The molecular formula is C14H20ClN3O3. The zero-order valence-corrected chi connectivity index (χ0v) is 13.3. The first-order valence-electron chi connectivity index (χ1n) is 6.75. The van der Waals surface area contributed by atoms with Gasteiger partial charge in [-0.2, -0.15) is 0 Å². The Morgan fingerprint density at radius 3 is 2.48 bits per heavy atom. The molecule has 0 saturated carbocycles. The summed E-state index contributed by atoms with van der Waals surface area (Å²) in [6, 6.07) is 4.42. The minimum Gasteiger partial charge on any atom is -0.337 e. The van der Waals surface area contributed by atoms with E-state index in [0.29, 0.717) is 19.6 Å². The number of nitro benzene ring substituents is 1. The molecule has 1 rings (SSSR count). The van der Waals surface area contributed by atoms with E-state index in [1.165, 1.54) is 12.1 Å². The van der Waals surface area contributed by atoms with Crippen molar-refractivity contribution in [2.45, 2.75) is 13.3 Å². The molecule has 7 heteroatoms. The molecule has 0 atom stereocenters. The van der Waals surface area contributed by atoms with Crippen LogP contribution in [0.2, 0.25) is 5.02 Å². The topological polar surface area (TPSA) is 66.7 Å². The number of amides is 1. The number of carbonyl (C=O) groups is 1. The van der Waals surface area contributed by atoms with Crippen LogP contribution in [-0.4, -0.2) is 54.4 Å². The maximum absolute atomic E-state index is 12.6. The zero-order valence-electron chi connectivity index (χ0n) is 12.5. The van der Waals surface area contributed by atoms with Gasteiger partial charge in [0.25, 0.3) is 5.91 Å². The third-order valence-electron chi connectivity index (χ3n) is 3.00. The highest BCUT2D eigenvalue weighted by molar-refractivity contribution is 6.33. The number of para-hydroxylation sites is 1. The molecule has 0 aliphatic heterocycles. The van der Waals surface area contributed by atoms with E-state index in [4.69, 9.17) is 11.6 Å². The van der Waals surface area contributed by atoms with Gasteiger partial charge in [-0.25, -0.2) is 0 Å². The SMILES string of the molecule is CCCN(CCN(C)C)C(=O)c1cccc(Cl)c1[N+](=O)[O-]. The molecule has 6 nitrogen and oxygen atoms in total. The molecule has 0 radical (unpaired) electrons. The number of hydrogen-bond donors (Lipinski definition) is 0. The van der Waals surface area contributed by atoms with E-state index >= 15 is 0 Å². The summed E-state index contributed by atoms with van der Waals surface area (Å²) in [5, 5.41) is 11.1. The molecule has 116 valence electrons. The third kappa shape index (κ3) is 4.68. The molecule has 0 aromatic heterocycles. The summed E-state index contributed by atoms with van der Waals surface area (Å²) in [6.07, 6.45) is 0.785. The van der Waals surface area contributed by atoms with Gasteiger partial charge in [0, 0.05) is 19.6 Å². The maximum Gasteiger partial charge on any atom is 0.300 e. The van der Waals surface area contributed by atoms with E-state index in [9.17, 15) is 14.9 Å². The van der Waals surface area contributed by atoms with Crippen LogP contribution in [0.25, 0.3) is 0 Å². The lowest BCUT2D eigenvalue weighted by molar-refractivity contribution is -0.385. The standard InChI is InChI=1S/C14H20ClN3O3/c1-4-8-17(10-9-16(2)3)14(19)11-6-5-7-12(15)13(11)18(20)21/h5-7H,4,8-10H2,1-3H3. The monoisotopic (exact) mass is 313 g/mol. The van der Waals surface area contributed by atoms with Crippen LogP contribution in [0.15, 0.2) is 18.2 Å². The van der Waals surface area contributed by atoms with E-state index in [1.807, 2.05) is 25.9 Å². The second-order valence-electron chi connectivity index (χ2n) is 4.99. The van der Waals surface area contributed by atoms with Gasteiger partial charge < -0.3 is 9.80 Å². The van der Waals surface area contributed by atoms with Gasteiger partial charge in [0.2, 0.25) is 0 Å². The Bertz CT molecular complexity index is 520. The Morgan fingerprint density at radius 2 is 1.95 bits per heavy atom. The van der Waals surface area contributed by atoms with Gasteiger partial charge in [-0.15, -0.1) is 0 Å². The van der Waals surface area contributed by atoms with Gasteiger partial charge in [0.05, 0.1) is 4.92 Å². The fraction of sp³-hybridized carbons (Fsp3) is 0.500. The van der Waals surface area contributed by atoms with Crippen LogP contribution < -0.4 is 0 Å². The molecule has 0 heterocycles. The molecule has 21 heavy (non-hydrogen) atoms. The van der Waals surface area contributed by atoms with Crippen LogP contribution in [0.5, 0.6) is 0 Å². The average molecular weight is 314 g/mol. The Labute approximate surface area is 129 Å². The highest BCUT2D eigenvalue weighted by Gasteiger charge is 2.26. The summed E-state index contributed by atoms with van der Waals surface area (Å²) in [4.78, 5) is 26.7. The van der Waals surface area contributed by atoms with E-state index in [2.05, 4.69) is 0 Å². The number of nitro groups is 1. The molecule has 0 fully saturated rings. The van der Waals surface area contributed by atoms with Crippen LogP contribution in [0.1, 0.15) is 23.7 Å². The van der Waals surface area contributed by atoms with E-state index in [0.717, 1.165) is 6.42 Å². The van der Waals surface area contributed by atoms with Crippen molar-refractivity contribution in [3.63, 3.8) is 0 Å². The first kappa shape index (κ1) is 17.4. The molecule has 0 N–H and O–H groups in total. The highest BCUT2D eigenvalue weighted by Crippen LogP contribution is 2.29. The minimum absolute atomic E-state index is 0.0186. The third-order valence-corrected chi connectivity index (χ3v) is 3.30. The van der Waals surface area contributed by atoms with Crippen molar-refractivity contribution in [3.8, 4) is 0 Å². The number of hydrogen-bond acceptors (Lipinski definition) is 4. The minimum atomic E-state index is -0.606. The molecular weight excluding hydrogens is 294 g/mol. The van der Waals surface area contributed by atoms with Crippen molar-refractivity contribution >= 4 is 23.2 Å². The number of rotatable bonds is 7. The van der Waals surface area contributed by atoms with E-state index in [1.54, 1.807) is 11.0 Å². The zero-order chi connectivity index (χ0) is 16.0. The quantitative estimate of drug-likeness (QED) is 0.573. The normalized spacial score (nSPS) is 10.7. The fourth-order valence-corrected chi connectivity index (χ4v) is 2.19. The fourth-order valence-electron chi connectivity index (χ4n) is 1.95. The Kier molecular flexibility index (Phi) is 6.58. The Hall–Kier alpha value is -1.66. The maximum atomic E-state index is 12.6. The molecule has 0 bridgehead atoms. The molecule has 0 aliphatic rings. The van der Waals surface area contributed by atoms with Crippen LogP contribution in [-0.2, 0) is 0 Å².